The standard InChI is InChI=1S/C22H21N3O2S/c1-14(20(26)24-13-12-15-6-2-5-9-19(15)24)28-22-23-18-8-4-3-7-17(18)21(27)25(22)16-10-11-16/h2-9,14,16H,10-13H2,1H3/t14-/m0/s1. The van der Waals surface area contributed by atoms with E-state index in [0.717, 1.165) is 24.9 Å². The zero-order valence-electron chi connectivity index (χ0n) is 15.7. The molecular weight excluding hydrogens is 370 g/mol. The Morgan fingerprint density at radius 1 is 1.14 bits per heavy atom. The zero-order chi connectivity index (χ0) is 19.3. The van der Waals surface area contributed by atoms with Crippen molar-refractivity contribution in [3.8, 4) is 0 Å². The number of benzene rings is 2. The Bertz CT molecular complexity index is 1140. The van der Waals surface area contributed by atoms with Crippen LogP contribution in [-0.4, -0.2) is 27.3 Å². The van der Waals surface area contributed by atoms with Crippen LogP contribution in [0, 0.1) is 0 Å². The molecule has 2 aromatic carbocycles. The number of aromatic nitrogens is 2. The Balaban J connectivity index is 1.47. The van der Waals surface area contributed by atoms with Crippen molar-refractivity contribution in [2.45, 2.75) is 42.6 Å². The van der Waals surface area contributed by atoms with Gasteiger partial charge in [0, 0.05) is 18.3 Å². The van der Waals surface area contributed by atoms with Gasteiger partial charge in [-0.25, -0.2) is 4.98 Å². The van der Waals surface area contributed by atoms with Crippen molar-refractivity contribution in [1.29, 1.82) is 0 Å². The highest BCUT2D eigenvalue weighted by Gasteiger charge is 2.32. The van der Waals surface area contributed by atoms with E-state index in [0.29, 0.717) is 22.6 Å². The number of anilines is 1. The van der Waals surface area contributed by atoms with E-state index in [1.165, 1.54) is 17.3 Å². The first-order chi connectivity index (χ1) is 13.6. The van der Waals surface area contributed by atoms with Gasteiger partial charge in [0.2, 0.25) is 5.91 Å². The van der Waals surface area contributed by atoms with Gasteiger partial charge in [0.25, 0.3) is 5.56 Å². The van der Waals surface area contributed by atoms with Crippen molar-refractivity contribution < 1.29 is 4.79 Å². The van der Waals surface area contributed by atoms with E-state index >= 15 is 0 Å². The smallest absolute Gasteiger partial charge is 0.262 e. The van der Waals surface area contributed by atoms with E-state index in [2.05, 4.69) is 6.07 Å². The quantitative estimate of drug-likeness (QED) is 0.501. The van der Waals surface area contributed by atoms with Gasteiger partial charge >= 0.3 is 0 Å². The first kappa shape index (κ1) is 17.5. The number of rotatable bonds is 4. The molecule has 5 nitrogen and oxygen atoms in total. The maximum absolute atomic E-state index is 13.1. The number of carbonyl (C=O) groups is 1. The molecule has 1 fully saturated rings. The van der Waals surface area contributed by atoms with Crippen LogP contribution in [0.3, 0.4) is 0 Å². The number of carbonyl (C=O) groups excluding carboxylic acids is 1. The van der Waals surface area contributed by atoms with Crippen LogP contribution in [0.4, 0.5) is 5.69 Å². The summed E-state index contributed by atoms with van der Waals surface area (Å²) in [7, 11) is 0. The van der Waals surface area contributed by atoms with Crippen LogP contribution in [-0.2, 0) is 11.2 Å². The molecule has 0 unspecified atom stereocenters. The molecule has 2 aliphatic rings. The first-order valence-corrected chi connectivity index (χ1v) is 10.6. The van der Waals surface area contributed by atoms with E-state index in [-0.39, 0.29) is 22.8 Å². The van der Waals surface area contributed by atoms with E-state index in [4.69, 9.17) is 4.98 Å². The predicted molar refractivity (Wildman–Crippen MR) is 112 cm³/mol. The number of hydrogen-bond acceptors (Lipinski definition) is 4. The van der Waals surface area contributed by atoms with Crippen LogP contribution in [0.1, 0.15) is 31.4 Å². The molecule has 6 heteroatoms. The first-order valence-electron chi connectivity index (χ1n) is 9.70. The molecule has 0 saturated heterocycles. The maximum atomic E-state index is 13.1. The van der Waals surface area contributed by atoms with Gasteiger partial charge in [0.05, 0.1) is 16.2 Å². The molecule has 2 heterocycles. The van der Waals surface area contributed by atoms with Crippen LogP contribution < -0.4 is 10.5 Å². The van der Waals surface area contributed by atoms with Gasteiger partial charge in [0.15, 0.2) is 5.16 Å². The normalized spacial score (nSPS) is 17.0. The second-order valence-electron chi connectivity index (χ2n) is 7.45. The molecule has 1 amide bonds. The summed E-state index contributed by atoms with van der Waals surface area (Å²) >= 11 is 1.40. The van der Waals surface area contributed by atoms with Crippen LogP contribution >= 0.6 is 11.8 Å². The molecular formula is C22H21N3O2S. The van der Waals surface area contributed by atoms with Crippen molar-refractivity contribution in [2.75, 3.05) is 11.4 Å². The summed E-state index contributed by atoms with van der Waals surface area (Å²) in [5.41, 5.74) is 2.91. The zero-order valence-corrected chi connectivity index (χ0v) is 16.5. The molecule has 5 rings (SSSR count). The number of thioether (sulfide) groups is 1. The minimum Gasteiger partial charge on any atom is -0.311 e. The highest BCUT2D eigenvalue weighted by molar-refractivity contribution is 8.00. The van der Waals surface area contributed by atoms with Crippen molar-refractivity contribution in [1.82, 2.24) is 9.55 Å². The summed E-state index contributed by atoms with van der Waals surface area (Å²) < 4.78 is 1.80. The molecule has 0 radical (unpaired) electrons. The summed E-state index contributed by atoms with van der Waals surface area (Å²) in [6, 6.07) is 15.7. The molecule has 0 spiro atoms. The molecule has 1 saturated carbocycles. The summed E-state index contributed by atoms with van der Waals surface area (Å²) in [5, 5.41) is 0.981. The second-order valence-corrected chi connectivity index (χ2v) is 8.75. The third-order valence-corrected chi connectivity index (χ3v) is 6.52. The van der Waals surface area contributed by atoms with Crippen LogP contribution in [0.5, 0.6) is 0 Å². The molecule has 1 aliphatic carbocycles. The Labute approximate surface area is 167 Å². The van der Waals surface area contributed by atoms with Crippen LogP contribution in [0.2, 0.25) is 0 Å². The molecule has 1 atom stereocenters. The Kier molecular flexibility index (Phi) is 4.23. The number of fused-ring (bicyclic) bond motifs is 2. The van der Waals surface area contributed by atoms with Gasteiger partial charge in [-0.05, 0) is 49.9 Å². The fourth-order valence-electron chi connectivity index (χ4n) is 3.86. The Morgan fingerprint density at radius 3 is 2.71 bits per heavy atom. The van der Waals surface area contributed by atoms with E-state index in [1.54, 1.807) is 4.57 Å². The lowest BCUT2D eigenvalue weighted by Gasteiger charge is -2.22. The average molecular weight is 391 g/mol. The molecule has 28 heavy (non-hydrogen) atoms. The van der Waals surface area contributed by atoms with Gasteiger partial charge in [-0.3, -0.25) is 14.2 Å². The number of nitrogens with zero attached hydrogens (tertiary/aromatic N) is 3. The summed E-state index contributed by atoms with van der Waals surface area (Å²) in [6.07, 6.45) is 2.88. The van der Waals surface area contributed by atoms with Gasteiger partial charge in [0.1, 0.15) is 0 Å². The molecule has 3 aromatic rings. The number of para-hydroxylation sites is 2. The minimum absolute atomic E-state index is 0.00164. The largest absolute Gasteiger partial charge is 0.311 e. The van der Waals surface area contributed by atoms with Crippen molar-refractivity contribution in [2.24, 2.45) is 0 Å². The highest BCUT2D eigenvalue weighted by Crippen LogP contribution is 2.38. The fourth-order valence-corrected chi connectivity index (χ4v) is 4.90. The average Bonchev–Trinajstić information content (AvgIpc) is 3.45. The molecule has 1 aromatic heterocycles. The second kappa shape index (κ2) is 6.78. The topological polar surface area (TPSA) is 55.2 Å². The van der Waals surface area contributed by atoms with E-state index in [1.807, 2.05) is 54.3 Å². The van der Waals surface area contributed by atoms with Gasteiger partial charge in [-0.2, -0.15) is 0 Å². The van der Waals surface area contributed by atoms with E-state index < -0.39 is 0 Å². The summed E-state index contributed by atoms with van der Waals surface area (Å²) in [4.78, 5) is 32.8. The SMILES string of the molecule is C[C@H](Sc1nc2ccccc2c(=O)n1C1CC1)C(=O)N1CCc2ccccc21. The monoisotopic (exact) mass is 391 g/mol. The lowest BCUT2D eigenvalue weighted by atomic mass is 10.2. The third-order valence-electron chi connectivity index (χ3n) is 5.47. The molecule has 0 N–H and O–H groups in total. The molecule has 142 valence electrons. The van der Waals surface area contributed by atoms with E-state index in [9.17, 15) is 9.59 Å². The van der Waals surface area contributed by atoms with Crippen molar-refractivity contribution in [3.63, 3.8) is 0 Å². The lowest BCUT2D eigenvalue weighted by molar-refractivity contribution is -0.117. The summed E-state index contributed by atoms with van der Waals surface area (Å²) in [5.74, 6) is 0.0692. The number of amides is 1. The number of hydrogen-bond donors (Lipinski definition) is 0. The Hall–Kier alpha value is -2.60. The highest BCUT2D eigenvalue weighted by atomic mass is 32.2. The predicted octanol–water partition coefficient (Wildman–Crippen LogP) is 3.80. The lowest BCUT2D eigenvalue weighted by Crippen LogP contribution is -2.35. The fraction of sp³-hybridized carbons (Fsp3) is 0.318. The van der Waals surface area contributed by atoms with Gasteiger partial charge in [-0.1, -0.05) is 42.1 Å². The van der Waals surface area contributed by atoms with Gasteiger partial charge < -0.3 is 4.90 Å². The van der Waals surface area contributed by atoms with Gasteiger partial charge in [-0.15, -0.1) is 0 Å². The van der Waals surface area contributed by atoms with Crippen LogP contribution in [0.25, 0.3) is 10.9 Å². The molecule has 0 bridgehead atoms. The van der Waals surface area contributed by atoms with Crippen molar-refractivity contribution >= 4 is 34.3 Å². The maximum Gasteiger partial charge on any atom is 0.262 e. The minimum atomic E-state index is -0.316. The van der Waals surface area contributed by atoms with Crippen LogP contribution in [0.15, 0.2) is 58.5 Å². The Morgan fingerprint density at radius 2 is 1.89 bits per heavy atom. The summed E-state index contributed by atoms with van der Waals surface area (Å²) in [6.45, 7) is 2.62. The third kappa shape index (κ3) is 2.92. The molecule has 1 aliphatic heterocycles. The van der Waals surface area contributed by atoms with Crippen molar-refractivity contribution in [3.05, 3.63) is 64.4 Å².